The lowest BCUT2D eigenvalue weighted by molar-refractivity contribution is 0.0164. The number of H-pyrrole nitrogens is 1. The van der Waals surface area contributed by atoms with Gasteiger partial charge in [-0.2, -0.15) is 0 Å². The van der Waals surface area contributed by atoms with Crippen LogP contribution in [-0.4, -0.2) is 29.9 Å². The van der Waals surface area contributed by atoms with Crippen LogP contribution in [0.3, 0.4) is 0 Å². The molecule has 5 rings (SSSR count). The minimum Gasteiger partial charge on any atom is -0.354 e. The molecule has 4 aromatic heterocycles. The molecule has 5 aromatic rings. The van der Waals surface area contributed by atoms with E-state index in [1.54, 1.807) is 12.5 Å². The van der Waals surface area contributed by atoms with Gasteiger partial charge in [-0.25, -0.2) is 28.7 Å². The van der Waals surface area contributed by atoms with Gasteiger partial charge in [0.1, 0.15) is 23.4 Å². The van der Waals surface area contributed by atoms with Crippen molar-refractivity contribution < 1.29 is 8.78 Å². The lowest BCUT2D eigenvalue weighted by atomic mass is 9.98. The van der Waals surface area contributed by atoms with Crippen LogP contribution in [0.4, 0.5) is 26.0 Å². The topological polar surface area (TPSA) is 104 Å². The van der Waals surface area contributed by atoms with Crippen molar-refractivity contribution in [1.82, 2.24) is 29.9 Å². The molecule has 0 unspecified atom stereocenters. The molecule has 0 saturated carbocycles. The second kappa shape index (κ2) is 9.97. The Balaban J connectivity index is 1.46. The molecule has 0 bridgehead atoms. The number of alkyl halides is 2. The molecule has 38 heavy (non-hydrogen) atoms. The number of aryl methyl sites for hydroxylation is 1. The molecule has 0 aliphatic heterocycles. The molecule has 0 spiro atoms. The van der Waals surface area contributed by atoms with Crippen LogP contribution < -0.4 is 10.6 Å². The average Bonchev–Trinajstić information content (AvgIpc) is 3.39. The number of nitrogens with one attached hydrogen (secondary N) is 3. The van der Waals surface area contributed by atoms with E-state index in [4.69, 9.17) is 0 Å². The van der Waals surface area contributed by atoms with Crippen LogP contribution in [0.1, 0.15) is 36.2 Å². The highest BCUT2D eigenvalue weighted by molar-refractivity contribution is 5.91. The van der Waals surface area contributed by atoms with E-state index in [0.717, 1.165) is 29.4 Å². The zero-order chi connectivity index (χ0) is 26.9. The fourth-order valence-corrected chi connectivity index (χ4v) is 4.38. The van der Waals surface area contributed by atoms with Crippen LogP contribution in [0.15, 0.2) is 68.0 Å². The van der Waals surface area contributed by atoms with E-state index < -0.39 is 5.92 Å². The molecule has 1 aromatic carbocycles. The Morgan fingerprint density at radius 1 is 1.05 bits per heavy atom. The maximum absolute atomic E-state index is 14.2. The summed E-state index contributed by atoms with van der Waals surface area (Å²) in [7, 11) is 0. The quantitative estimate of drug-likeness (QED) is 0.215. The van der Waals surface area contributed by atoms with E-state index in [1.807, 2.05) is 44.2 Å². The van der Waals surface area contributed by atoms with Crippen molar-refractivity contribution in [2.45, 2.75) is 33.1 Å². The highest BCUT2D eigenvalue weighted by Crippen LogP contribution is 2.35. The molecule has 4 heterocycles. The smallest absolute Gasteiger partial charge is 0.270 e. The number of imidazole rings is 1. The van der Waals surface area contributed by atoms with Crippen molar-refractivity contribution in [3.8, 4) is 11.3 Å². The Morgan fingerprint density at radius 2 is 1.89 bits per heavy atom. The van der Waals surface area contributed by atoms with E-state index in [-0.39, 0.29) is 5.56 Å². The van der Waals surface area contributed by atoms with Gasteiger partial charge in [-0.05, 0) is 54.8 Å². The molecule has 0 aliphatic rings. The van der Waals surface area contributed by atoms with E-state index in [9.17, 15) is 8.78 Å². The molecule has 0 atom stereocenters. The number of nitrogens with zero attached hydrogens (tertiary/aromatic N) is 5. The van der Waals surface area contributed by atoms with Crippen LogP contribution >= 0.6 is 0 Å². The Hall–Kier alpha value is -4.73. The highest BCUT2D eigenvalue weighted by atomic mass is 19.3. The minimum atomic E-state index is -2.98. The van der Waals surface area contributed by atoms with Gasteiger partial charge < -0.3 is 15.6 Å². The summed E-state index contributed by atoms with van der Waals surface area (Å²) in [5.41, 5.74) is 6.51. The predicted octanol–water partition coefficient (Wildman–Crippen LogP) is 6.62. The summed E-state index contributed by atoms with van der Waals surface area (Å²) in [5.74, 6) is -2.37. The number of benzene rings is 1. The molecular formula is C28H26F2N8. The van der Waals surface area contributed by atoms with Crippen molar-refractivity contribution in [2.75, 3.05) is 10.6 Å². The monoisotopic (exact) mass is 512 g/mol. The van der Waals surface area contributed by atoms with Crippen molar-refractivity contribution in [3.05, 3.63) is 90.4 Å². The third kappa shape index (κ3) is 4.80. The minimum absolute atomic E-state index is 0.0435. The summed E-state index contributed by atoms with van der Waals surface area (Å²) in [5, 5.41) is 6.65. The number of pyridine rings is 2. The summed E-state index contributed by atoms with van der Waals surface area (Å²) < 4.78 is 28.4. The average molecular weight is 513 g/mol. The number of hydrogen-bond acceptors (Lipinski definition) is 7. The first-order chi connectivity index (χ1) is 18.3. The third-order valence-electron chi connectivity index (χ3n) is 6.24. The van der Waals surface area contributed by atoms with Crippen LogP contribution in [0.5, 0.6) is 0 Å². The van der Waals surface area contributed by atoms with Gasteiger partial charge in [0, 0.05) is 41.8 Å². The van der Waals surface area contributed by atoms with Crippen molar-refractivity contribution in [3.63, 3.8) is 0 Å². The van der Waals surface area contributed by atoms with Gasteiger partial charge in [-0.15, -0.1) is 0 Å². The summed E-state index contributed by atoms with van der Waals surface area (Å²) in [4.78, 5) is 24.9. The molecule has 8 nitrogen and oxygen atoms in total. The summed E-state index contributed by atoms with van der Waals surface area (Å²) >= 11 is 0. The Bertz CT molecular complexity index is 1640. The third-order valence-corrected chi connectivity index (χ3v) is 6.24. The molecule has 10 heteroatoms. The maximum atomic E-state index is 14.2. The molecule has 3 N–H and O–H groups in total. The van der Waals surface area contributed by atoms with Crippen molar-refractivity contribution >= 4 is 34.1 Å². The van der Waals surface area contributed by atoms with Crippen molar-refractivity contribution in [1.29, 1.82) is 0 Å². The number of aromatic amines is 1. The first-order valence-corrected chi connectivity index (χ1v) is 12.1. The zero-order valence-corrected chi connectivity index (χ0v) is 21.2. The first-order valence-electron chi connectivity index (χ1n) is 12.1. The summed E-state index contributed by atoms with van der Waals surface area (Å²) in [6, 6.07) is 10.9. The Kier molecular flexibility index (Phi) is 6.54. The number of anilines is 3. The summed E-state index contributed by atoms with van der Waals surface area (Å²) in [6.45, 7) is 8.79. The highest BCUT2D eigenvalue weighted by Gasteiger charge is 2.29. The number of rotatable bonds is 8. The number of fused-ring (bicyclic) bond motifs is 1. The lowest BCUT2D eigenvalue weighted by Gasteiger charge is -2.20. The lowest BCUT2D eigenvalue weighted by Crippen LogP contribution is -2.14. The maximum Gasteiger partial charge on any atom is 0.270 e. The normalized spacial score (nSPS) is 11.5. The predicted molar refractivity (Wildman–Crippen MR) is 145 cm³/mol. The van der Waals surface area contributed by atoms with Gasteiger partial charge in [0.2, 0.25) is 0 Å². The molecule has 0 fully saturated rings. The second-order valence-corrected chi connectivity index (χ2v) is 8.91. The fourth-order valence-electron chi connectivity index (χ4n) is 4.38. The van der Waals surface area contributed by atoms with E-state index >= 15 is 0 Å². The largest absolute Gasteiger partial charge is 0.354 e. The van der Waals surface area contributed by atoms with Gasteiger partial charge in [-0.3, -0.25) is 4.98 Å². The van der Waals surface area contributed by atoms with Crippen LogP contribution in [0.25, 0.3) is 28.1 Å². The van der Waals surface area contributed by atoms with Crippen LogP contribution in [0, 0.1) is 6.92 Å². The van der Waals surface area contributed by atoms with Crippen molar-refractivity contribution in [2.24, 2.45) is 0 Å². The number of hydrogen-bond donors (Lipinski definition) is 3. The SMILES string of the molecule is C=C(Nc1ccc(C)c(Nc2ncccc2-c2ncnc3nc[nH]c23)c1)c1nccc(C(C)(F)F)c1CC. The fraction of sp³-hybridized carbons (Fsp3) is 0.179. The summed E-state index contributed by atoms with van der Waals surface area (Å²) in [6.07, 6.45) is 6.54. The Morgan fingerprint density at radius 3 is 2.68 bits per heavy atom. The standard InChI is InChI=1S/C28H26F2N8/c1-5-19-21(28(4,29)30)10-12-31-23(19)17(3)37-18-9-8-16(2)22(13-18)38-26-20(7-6-11-32-26)24-25-27(35-14-33-24)36-15-34-25/h6-15,37H,3,5H2,1-2,4H3,(H,32,38)(H,33,34,35,36). The van der Waals surface area contributed by atoms with E-state index in [2.05, 4.69) is 47.1 Å². The van der Waals surface area contributed by atoms with Gasteiger partial charge in [0.15, 0.2) is 5.65 Å². The van der Waals surface area contributed by atoms with E-state index in [1.165, 1.54) is 18.6 Å². The van der Waals surface area contributed by atoms with Crippen LogP contribution in [0.2, 0.25) is 0 Å². The Labute approximate surface area is 218 Å². The molecule has 0 amide bonds. The van der Waals surface area contributed by atoms with Crippen LogP contribution in [-0.2, 0) is 12.3 Å². The van der Waals surface area contributed by atoms with Gasteiger partial charge >= 0.3 is 0 Å². The molecule has 192 valence electrons. The second-order valence-electron chi connectivity index (χ2n) is 8.91. The number of aromatic nitrogens is 6. The zero-order valence-electron chi connectivity index (χ0n) is 21.2. The molecule has 0 aliphatic carbocycles. The van der Waals surface area contributed by atoms with Gasteiger partial charge in [0.05, 0.1) is 17.7 Å². The molecule has 0 radical (unpaired) electrons. The number of halogens is 2. The van der Waals surface area contributed by atoms with E-state index in [0.29, 0.717) is 46.1 Å². The van der Waals surface area contributed by atoms with Gasteiger partial charge in [0.25, 0.3) is 5.92 Å². The molecular weight excluding hydrogens is 486 g/mol. The molecule has 0 saturated heterocycles. The van der Waals surface area contributed by atoms with Gasteiger partial charge in [-0.1, -0.05) is 19.6 Å². The first kappa shape index (κ1) is 24.9.